The standard InChI is InChI=1S/C18H35NO7/c1-16(2,3)25-14-11(21)10(20)12(9(8-19)23-14)24-15-13(22)17(4,5)18(6,7)26-15/h9-15,20-22H,8,19H2,1-7H3. The van der Waals surface area contributed by atoms with Gasteiger partial charge in [0, 0.05) is 12.0 Å². The van der Waals surface area contributed by atoms with Crippen LogP contribution in [-0.4, -0.2) is 76.2 Å². The molecule has 8 nitrogen and oxygen atoms in total. The monoisotopic (exact) mass is 377 g/mol. The Labute approximate surface area is 155 Å². The molecule has 0 amide bonds. The van der Waals surface area contributed by atoms with E-state index in [2.05, 4.69) is 0 Å². The predicted octanol–water partition coefficient (Wildman–Crippen LogP) is 0.114. The molecule has 5 N–H and O–H groups in total. The lowest BCUT2D eigenvalue weighted by Gasteiger charge is -2.44. The SMILES string of the molecule is CC(C)(C)OC1OC(CN)C(OC2OC(C)(C)C(C)(C)C2O)C(O)C1O. The number of hydrogen-bond acceptors (Lipinski definition) is 8. The first-order valence-electron chi connectivity index (χ1n) is 9.12. The molecular formula is C18H35NO7. The molecule has 0 aromatic carbocycles. The molecule has 2 heterocycles. The lowest BCUT2D eigenvalue weighted by molar-refractivity contribution is -0.339. The van der Waals surface area contributed by atoms with Gasteiger partial charge in [-0.05, 0) is 34.6 Å². The van der Waals surface area contributed by atoms with Crippen molar-refractivity contribution in [1.29, 1.82) is 0 Å². The van der Waals surface area contributed by atoms with Gasteiger partial charge in [0.25, 0.3) is 0 Å². The number of rotatable bonds is 4. The lowest BCUT2D eigenvalue weighted by Crippen LogP contribution is -2.62. The Morgan fingerprint density at radius 2 is 1.58 bits per heavy atom. The van der Waals surface area contributed by atoms with Crippen molar-refractivity contribution >= 4 is 0 Å². The highest BCUT2D eigenvalue weighted by molar-refractivity contribution is 5.02. The summed E-state index contributed by atoms with van der Waals surface area (Å²) in [6.45, 7) is 13.0. The minimum Gasteiger partial charge on any atom is -0.387 e. The topological polar surface area (TPSA) is 124 Å². The molecule has 2 saturated heterocycles. The van der Waals surface area contributed by atoms with Crippen molar-refractivity contribution in [2.45, 2.75) is 103 Å². The summed E-state index contributed by atoms with van der Waals surface area (Å²) >= 11 is 0. The average molecular weight is 377 g/mol. The molecule has 154 valence electrons. The molecule has 2 rings (SSSR count). The molecule has 0 saturated carbocycles. The van der Waals surface area contributed by atoms with Crippen molar-refractivity contribution in [1.82, 2.24) is 0 Å². The Morgan fingerprint density at radius 3 is 2.00 bits per heavy atom. The predicted molar refractivity (Wildman–Crippen MR) is 94.2 cm³/mol. The van der Waals surface area contributed by atoms with Crippen LogP contribution in [0.4, 0.5) is 0 Å². The van der Waals surface area contributed by atoms with E-state index in [1.165, 1.54) is 0 Å². The molecule has 0 radical (unpaired) electrons. The van der Waals surface area contributed by atoms with E-state index in [1.54, 1.807) is 0 Å². The van der Waals surface area contributed by atoms with Gasteiger partial charge in [-0.3, -0.25) is 0 Å². The van der Waals surface area contributed by atoms with Crippen molar-refractivity contribution in [3.05, 3.63) is 0 Å². The highest BCUT2D eigenvalue weighted by atomic mass is 16.7. The Hall–Kier alpha value is -0.320. The van der Waals surface area contributed by atoms with Gasteiger partial charge in [-0.25, -0.2) is 0 Å². The summed E-state index contributed by atoms with van der Waals surface area (Å²) in [5.74, 6) is 0. The van der Waals surface area contributed by atoms with Crippen molar-refractivity contribution in [3.63, 3.8) is 0 Å². The Kier molecular flexibility index (Phi) is 6.13. The maximum absolute atomic E-state index is 10.6. The molecule has 2 aliphatic heterocycles. The Balaban J connectivity index is 2.15. The number of ether oxygens (including phenoxy) is 4. The zero-order valence-electron chi connectivity index (χ0n) is 16.8. The van der Waals surface area contributed by atoms with Crippen LogP contribution >= 0.6 is 0 Å². The second-order valence-electron chi connectivity index (χ2n) is 9.25. The zero-order valence-corrected chi connectivity index (χ0v) is 16.8. The van der Waals surface area contributed by atoms with Gasteiger partial charge in [0.15, 0.2) is 12.6 Å². The maximum Gasteiger partial charge on any atom is 0.187 e. The third-order valence-corrected chi connectivity index (χ3v) is 5.59. The number of nitrogens with two attached hydrogens (primary N) is 1. The minimum absolute atomic E-state index is 0.0497. The molecule has 7 unspecified atom stereocenters. The number of aliphatic hydroxyl groups is 3. The van der Waals surface area contributed by atoms with Gasteiger partial charge in [-0.15, -0.1) is 0 Å². The fourth-order valence-electron chi connectivity index (χ4n) is 3.17. The lowest BCUT2D eigenvalue weighted by atomic mass is 9.75. The summed E-state index contributed by atoms with van der Waals surface area (Å²) in [4.78, 5) is 0. The molecular weight excluding hydrogens is 342 g/mol. The molecule has 0 spiro atoms. The first-order chi connectivity index (χ1) is 11.7. The van der Waals surface area contributed by atoms with Gasteiger partial charge in [-0.2, -0.15) is 0 Å². The molecule has 0 bridgehead atoms. The molecule has 26 heavy (non-hydrogen) atoms. The molecule has 0 aliphatic carbocycles. The van der Waals surface area contributed by atoms with Gasteiger partial charge in [-0.1, -0.05) is 13.8 Å². The van der Waals surface area contributed by atoms with E-state index in [0.29, 0.717) is 0 Å². The van der Waals surface area contributed by atoms with E-state index in [-0.39, 0.29) is 6.54 Å². The summed E-state index contributed by atoms with van der Waals surface area (Å²) in [6.07, 6.45) is -7.20. The summed E-state index contributed by atoms with van der Waals surface area (Å²) in [7, 11) is 0. The van der Waals surface area contributed by atoms with Crippen molar-refractivity contribution in [2.75, 3.05) is 6.54 Å². The van der Waals surface area contributed by atoms with E-state index < -0.39 is 59.7 Å². The van der Waals surface area contributed by atoms with Crippen molar-refractivity contribution < 1.29 is 34.3 Å². The fourth-order valence-corrected chi connectivity index (χ4v) is 3.17. The van der Waals surface area contributed by atoms with E-state index in [9.17, 15) is 15.3 Å². The molecule has 2 fully saturated rings. The van der Waals surface area contributed by atoms with Gasteiger partial charge >= 0.3 is 0 Å². The highest BCUT2D eigenvalue weighted by Gasteiger charge is 2.57. The third kappa shape index (κ3) is 4.07. The number of aliphatic hydroxyl groups excluding tert-OH is 3. The van der Waals surface area contributed by atoms with Gasteiger partial charge in [0.2, 0.25) is 0 Å². The largest absolute Gasteiger partial charge is 0.387 e. The third-order valence-electron chi connectivity index (χ3n) is 5.59. The minimum atomic E-state index is -1.32. The quantitative estimate of drug-likeness (QED) is 0.544. The molecule has 2 aliphatic rings. The highest BCUT2D eigenvalue weighted by Crippen LogP contribution is 2.47. The zero-order chi connectivity index (χ0) is 20.1. The van der Waals surface area contributed by atoms with Crippen LogP contribution in [0.1, 0.15) is 48.5 Å². The van der Waals surface area contributed by atoms with Gasteiger partial charge in [0.1, 0.15) is 30.5 Å². The molecule has 0 aromatic rings. The summed E-state index contributed by atoms with van der Waals surface area (Å²) < 4.78 is 23.1. The van der Waals surface area contributed by atoms with Crippen molar-refractivity contribution in [3.8, 4) is 0 Å². The van der Waals surface area contributed by atoms with Gasteiger partial charge in [0.05, 0.1) is 11.2 Å². The van der Waals surface area contributed by atoms with Crippen LogP contribution < -0.4 is 5.73 Å². The fraction of sp³-hybridized carbons (Fsp3) is 1.00. The average Bonchev–Trinajstić information content (AvgIpc) is 2.65. The Morgan fingerprint density at radius 1 is 1.00 bits per heavy atom. The first kappa shape index (κ1) is 22.0. The van der Waals surface area contributed by atoms with Crippen LogP contribution in [0.15, 0.2) is 0 Å². The first-order valence-corrected chi connectivity index (χ1v) is 9.12. The number of hydrogen-bond donors (Lipinski definition) is 4. The smallest absolute Gasteiger partial charge is 0.187 e. The molecule has 7 atom stereocenters. The van der Waals surface area contributed by atoms with Crippen LogP contribution in [-0.2, 0) is 18.9 Å². The summed E-state index contributed by atoms with van der Waals surface area (Å²) in [5.41, 5.74) is 4.02. The molecule has 8 heteroatoms. The summed E-state index contributed by atoms with van der Waals surface area (Å²) in [6, 6.07) is 0. The normalized spacial score (nSPS) is 42.8. The van der Waals surface area contributed by atoms with Crippen LogP contribution in [0.25, 0.3) is 0 Å². The van der Waals surface area contributed by atoms with Crippen molar-refractivity contribution in [2.24, 2.45) is 11.1 Å². The Bertz CT molecular complexity index is 488. The maximum atomic E-state index is 10.6. The second-order valence-corrected chi connectivity index (χ2v) is 9.25. The summed E-state index contributed by atoms with van der Waals surface area (Å²) in [5, 5.41) is 31.6. The van der Waals surface area contributed by atoms with E-state index >= 15 is 0 Å². The van der Waals surface area contributed by atoms with Crippen LogP contribution in [0.5, 0.6) is 0 Å². The van der Waals surface area contributed by atoms with Crippen LogP contribution in [0.2, 0.25) is 0 Å². The second kappa shape index (κ2) is 7.25. The van der Waals surface area contributed by atoms with E-state index in [0.717, 1.165) is 0 Å². The van der Waals surface area contributed by atoms with Gasteiger partial charge < -0.3 is 40.0 Å². The van der Waals surface area contributed by atoms with E-state index in [4.69, 9.17) is 24.7 Å². The van der Waals surface area contributed by atoms with E-state index in [1.807, 2.05) is 48.5 Å². The molecule has 0 aromatic heterocycles. The van der Waals surface area contributed by atoms with Crippen LogP contribution in [0, 0.1) is 5.41 Å². The van der Waals surface area contributed by atoms with Crippen LogP contribution in [0.3, 0.4) is 0 Å².